The van der Waals surface area contributed by atoms with E-state index in [0.717, 1.165) is 11.1 Å². The summed E-state index contributed by atoms with van der Waals surface area (Å²) in [6.07, 6.45) is 0.698. The van der Waals surface area contributed by atoms with Gasteiger partial charge in [0.25, 0.3) is 0 Å². The molecule has 0 atom stereocenters. The molecule has 1 aromatic carbocycles. The van der Waals surface area contributed by atoms with Gasteiger partial charge < -0.3 is 0 Å². The van der Waals surface area contributed by atoms with E-state index in [0.29, 0.717) is 16.6 Å². The lowest BCUT2D eigenvalue weighted by Gasteiger charge is -2.05. The van der Waals surface area contributed by atoms with Crippen LogP contribution in [0, 0.1) is 0 Å². The Morgan fingerprint density at radius 3 is 2.31 bits per heavy atom. The molecule has 0 aliphatic rings. The van der Waals surface area contributed by atoms with Crippen LogP contribution in [-0.4, -0.2) is 4.98 Å². The maximum absolute atomic E-state index is 6.00. The lowest BCUT2D eigenvalue weighted by Crippen LogP contribution is -1.92. The zero-order valence-electron chi connectivity index (χ0n) is 8.25. The lowest BCUT2D eigenvalue weighted by molar-refractivity contribution is 1.15. The van der Waals surface area contributed by atoms with Crippen molar-refractivity contribution in [1.29, 1.82) is 0 Å². The van der Waals surface area contributed by atoms with Crippen LogP contribution in [0.4, 0.5) is 0 Å². The number of nitrogens with zero attached hydrogens (tertiary/aromatic N) is 1. The number of rotatable bonds is 2. The Labute approximate surface area is 109 Å². The molecule has 2 aromatic rings. The minimum atomic E-state index is 0.239. The molecule has 1 heterocycles. The van der Waals surface area contributed by atoms with Crippen molar-refractivity contribution in [3.05, 3.63) is 62.9 Å². The molecule has 0 N–H and O–H groups in total. The van der Waals surface area contributed by atoms with Crippen molar-refractivity contribution in [3.8, 4) is 0 Å². The van der Waals surface area contributed by atoms with Gasteiger partial charge in [0.15, 0.2) is 0 Å². The highest BCUT2D eigenvalue weighted by molar-refractivity contribution is 6.42. The second-order valence-electron chi connectivity index (χ2n) is 3.37. The summed E-state index contributed by atoms with van der Waals surface area (Å²) in [4.78, 5) is 3.97. The fourth-order valence-corrected chi connectivity index (χ4v) is 1.99. The highest BCUT2D eigenvalue weighted by Gasteiger charge is 2.07. The molecule has 4 heteroatoms. The van der Waals surface area contributed by atoms with Crippen LogP contribution in [0.2, 0.25) is 15.3 Å². The Balaban J connectivity index is 2.32. The van der Waals surface area contributed by atoms with Crippen LogP contribution in [0.25, 0.3) is 0 Å². The number of hydrogen-bond donors (Lipinski definition) is 0. The van der Waals surface area contributed by atoms with Crippen LogP contribution in [0.15, 0.2) is 36.4 Å². The Hall–Kier alpha value is -0.760. The average molecular weight is 273 g/mol. The van der Waals surface area contributed by atoms with Gasteiger partial charge in [-0.05, 0) is 17.2 Å². The number of aromatic nitrogens is 1. The van der Waals surface area contributed by atoms with Crippen LogP contribution in [0.5, 0.6) is 0 Å². The van der Waals surface area contributed by atoms with Gasteiger partial charge in [0, 0.05) is 6.42 Å². The van der Waals surface area contributed by atoms with E-state index in [1.165, 1.54) is 0 Å². The van der Waals surface area contributed by atoms with E-state index in [1.807, 2.05) is 30.3 Å². The van der Waals surface area contributed by atoms with Gasteiger partial charge in [-0.25, -0.2) is 4.98 Å². The summed E-state index contributed by atoms with van der Waals surface area (Å²) in [5, 5.41) is 1.07. The standard InChI is InChI=1S/C12H8Cl3N/c13-10-7-9(11(14)16-12(10)15)6-8-4-2-1-3-5-8/h1-5,7H,6H2. The van der Waals surface area contributed by atoms with E-state index in [1.54, 1.807) is 6.07 Å². The van der Waals surface area contributed by atoms with Crippen molar-refractivity contribution in [1.82, 2.24) is 4.98 Å². The van der Waals surface area contributed by atoms with Crippen molar-refractivity contribution in [2.24, 2.45) is 0 Å². The predicted octanol–water partition coefficient (Wildman–Crippen LogP) is 4.63. The maximum atomic E-state index is 6.00. The van der Waals surface area contributed by atoms with Crippen LogP contribution in [0.3, 0.4) is 0 Å². The van der Waals surface area contributed by atoms with Crippen LogP contribution in [0.1, 0.15) is 11.1 Å². The fraction of sp³-hybridized carbons (Fsp3) is 0.0833. The number of hydrogen-bond acceptors (Lipinski definition) is 1. The van der Waals surface area contributed by atoms with E-state index < -0.39 is 0 Å². The van der Waals surface area contributed by atoms with E-state index >= 15 is 0 Å². The molecule has 0 spiro atoms. The zero-order chi connectivity index (χ0) is 11.5. The molecular formula is C12H8Cl3N. The van der Waals surface area contributed by atoms with Gasteiger partial charge >= 0.3 is 0 Å². The molecule has 1 nitrogen and oxygen atoms in total. The van der Waals surface area contributed by atoms with Gasteiger partial charge in [0.05, 0.1) is 5.02 Å². The topological polar surface area (TPSA) is 12.9 Å². The number of halogens is 3. The van der Waals surface area contributed by atoms with Crippen molar-refractivity contribution in [3.63, 3.8) is 0 Å². The highest BCUT2D eigenvalue weighted by atomic mass is 35.5. The summed E-state index contributed by atoms with van der Waals surface area (Å²) in [7, 11) is 0. The molecule has 0 saturated heterocycles. The fourth-order valence-electron chi connectivity index (χ4n) is 1.42. The number of pyridine rings is 1. The first kappa shape index (κ1) is 11.7. The molecule has 0 aliphatic carbocycles. The molecule has 0 unspecified atom stereocenters. The molecule has 0 saturated carbocycles. The monoisotopic (exact) mass is 271 g/mol. The van der Waals surface area contributed by atoms with Gasteiger partial charge in [0.2, 0.25) is 0 Å². The second-order valence-corrected chi connectivity index (χ2v) is 4.50. The molecule has 1 aromatic heterocycles. The Bertz CT molecular complexity index is 497. The predicted molar refractivity (Wildman–Crippen MR) is 68.5 cm³/mol. The van der Waals surface area contributed by atoms with E-state index in [-0.39, 0.29) is 5.15 Å². The molecule has 2 rings (SSSR count). The van der Waals surface area contributed by atoms with Gasteiger partial charge in [-0.1, -0.05) is 65.1 Å². The van der Waals surface area contributed by atoms with Crippen LogP contribution < -0.4 is 0 Å². The summed E-state index contributed by atoms with van der Waals surface area (Å²) in [5.41, 5.74) is 2.03. The summed E-state index contributed by atoms with van der Waals surface area (Å²) in [5.74, 6) is 0. The Morgan fingerprint density at radius 1 is 0.938 bits per heavy atom. The molecule has 0 amide bonds. The normalized spacial score (nSPS) is 10.4. The highest BCUT2D eigenvalue weighted by Crippen LogP contribution is 2.26. The quantitative estimate of drug-likeness (QED) is 0.726. The largest absolute Gasteiger partial charge is 0.223 e. The van der Waals surface area contributed by atoms with Crippen LogP contribution in [-0.2, 0) is 6.42 Å². The van der Waals surface area contributed by atoms with Crippen molar-refractivity contribution in [2.45, 2.75) is 6.42 Å². The Kier molecular flexibility index (Phi) is 3.70. The minimum absolute atomic E-state index is 0.239. The summed E-state index contributed by atoms with van der Waals surface area (Å²) >= 11 is 17.7. The third kappa shape index (κ3) is 2.67. The first-order valence-corrected chi connectivity index (χ1v) is 5.84. The van der Waals surface area contributed by atoms with E-state index in [9.17, 15) is 0 Å². The smallest absolute Gasteiger partial charge is 0.149 e. The number of benzene rings is 1. The van der Waals surface area contributed by atoms with Gasteiger partial charge in [0.1, 0.15) is 10.3 Å². The van der Waals surface area contributed by atoms with Crippen molar-refractivity contribution >= 4 is 34.8 Å². The van der Waals surface area contributed by atoms with Gasteiger partial charge in [-0.15, -0.1) is 0 Å². The SMILES string of the molecule is Clc1cc(Cc2ccccc2)c(Cl)nc1Cl. The van der Waals surface area contributed by atoms with Crippen molar-refractivity contribution in [2.75, 3.05) is 0 Å². The summed E-state index contributed by atoms with van der Waals surface area (Å²) < 4.78 is 0. The molecule has 16 heavy (non-hydrogen) atoms. The van der Waals surface area contributed by atoms with E-state index in [2.05, 4.69) is 4.98 Å². The van der Waals surface area contributed by atoms with Crippen LogP contribution >= 0.6 is 34.8 Å². The second kappa shape index (κ2) is 5.05. The minimum Gasteiger partial charge on any atom is -0.223 e. The third-order valence-electron chi connectivity index (χ3n) is 2.20. The first-order chi connectivity index (χ1) is 7.66. The molecule has 82 valence electrons. The molecule has 0 aliphatic heterocycles. The van der Waals surface area contributed by atoms with Gasteiger partial charge in [-0.2, -0.15) is 0 Å². The maximum Gasteiger partial charge on any atom is 0.149 e. The molecule has 0 fully saturated rings. The average Bonchev–Trinajstić information content (AvgIpc) is 2.27. The molecular weight excluding hydrogens is 264 g/mol. The summed E-state index contributed by atoms with van der Waals surface area (Å²) in [6.45, 7) is 0. The lowest BCUT2D eigenvalue weighted by atomic mass is 10.1. The van der Waals surface area contributed by atoms with Gasteiger partial charge in [-0.3, -0.25) is 0 Å². The summed E-state index contributed by atoms with van der Waals surface area (Å²) in [6, 6.07) is 11.7. The zero-order valence-corrected chi connectivity index (χ0v) is 10.5. The Morgan fingerprint density at radius 2 is 1.62 bits per heavy atom. The van der Waals surface area contributed by atoms with Crippen molar-refractivity contribution < 1.29 is 0 Å². The third-order valence-corrected chi connectivity index (χ3v) is 3.20. The first-order valence-electron chi connectivity index (χ1n) is 4.71. The molecule has 0 radical (unpaired) electrons. The molecule has 0 bridgehead atoms. The van der Waals surface area contributed by atoms with E-state index in [4.69, 9.17) is 34.8 Å².